The number of imide groups is 1. The molecule has 0 aliphatic carbocycles. The van der Waals surface area contributed by atoms with Crippen molar-refractivity contribution in [2.75, 3.05) is 75.1 Å². The third kappa shape index (κ3) is 43.0. The number of nitrogens with zero attached hydrogens (tertiary/aromatic N) is 1. The maximum atomic E-state index is 10.8. The molecule has 0 atom stereocenters. The van der Waals surface area contributed by atoms with Gasteiger partial charge in [-0.2, -0.15) is 12.6 Å². The Morgan fingerprint density at radius 2 is 0.891 bits per heavy atom. The van der Waals surface area contributed by atoms with Crippen LogP contribution in [0.1, 0.15) is 0 Å². The molecule has 362 valence electrons. The summed E-state index contributed by atoms with van der Waals surface area (Å²) in [5, 5.41) is 57.6. The molecular formula is C35H56N8O18S3. The van der Waals surface area contributed by atoms with E-state index < -0.39 is 53.5 Å². The maximum Gasteiger partial charge on any atom is 0.352 e. The normalized spacial score (nSPS) is 11.1. The Morgan fingerprint density at radius 3 is 1.14 bits per heavy atom. The third-order valence-electron chi connectivity index (χ3n) is 5.55. The largest absolute Gasteiger partial charge is 0.478 e. The molecule has 1 aliphatic rings. The Labute approximate surface area is 381 Å². The summed E-state index contributed by atoms with van der Waals surface area (Å²) in [5.74, 6) is -8.21. The van der Waals surface area contributed by atoms with Crippen LogP contribution in [0.25, 0.3) is 0 Å². The van der Waals surface area contributed by atoms with Crippen molar-refractivity contribution >= 4 is 107 Å². The van der Waals surface area contributed by atoms with Crippen LogP contribution in [-0.4, -0.2) is 182 Å². The molecule has 0 spiro atoms. The van der Waals surface area contributed by atoms with Crippen molar-refractivity contribution in [3.8, 4) is 0 Å². The summed E-state index contributed by atoms with van der Waals surface area (Å²) in [4.78, 5) is 126. The highest BCUT2D eigenvalue weighted by molar-refractivity contribution is 8.03. The molecule has 0 radical (unpaired) electrons. The zero-order valence-electron chi connectivity index (χ0n) is 36.5. The van der Waals surface area contributed by atoms with E-state index in [0.29, 0.717) is 0 Å². The van der Waals surface area contributed by atoms with Gasteiger partial charge >= 0.3 is 29.8 Å². The van der Waals surface area contributed by atoms with Crippen molar-refractivity contribution in [2.45, 2.75) is 0 Å². The Hall–Kier alpha value is -7.11. The highest BCUT2D eigenvalue weighted by atomic mass is 32.2. The van der Waals surface area contributed by atoms with Crippen LogP contribution in [-0.2, 0) is 57.5 Å². The van der Waals surface area contributed by atoms with Gasteiger partial charge in [0.25, 0.3) is 23.6 Å². The SMILES string of the molecule is CN1C(=O)C=CC1=O.CNC(=O)/C(=C\C(=O)O)NC.CNC(=O)/C(=C\C(=O)O)SC.CNC(=O)/C=C(/NC)C(=O)O.CNC(=O)/C=C(/SC)C(=O)O.CNC(=O)/C=C\C(=O)O.CS.O. The third-order valence-corrected chi connectivity index (χ3v) is 7.02. The molecule has 29 heteroatoms. The number of amides is 7. The van der Waals surface area contributed by atoms with Crippen LogP contribution >= 0.6 is 36.2 Å². The van der Waals surface area contributed by atoms with Gasteiger partial charge in [0.1, 0.15) is 11.4 Å². The van der Waals surface area contributed by atoms with Crippen molar-refractivity contribution < 1.29 is 88.5 Å². The quantitative estimate of drug-likeness (QED) is 0.0458. The number of carbonyl (C=O) groups excluding carboxylic acids is 7. The van der Waals surface area contributed by atoms with Crippen molar-refractivity contribution in [3.63, 3.8) is 0 Å². The molecule has 26 nitrogen and oxygen atoms in total. The van der Waals surface area contributed by atoms with E-state index in [9.17, 15) is 57.5 Å². The second-order valence-corrected chi connectivity index (χ2v) is 11.3. The fourth-order valence-electron chi connectivity index (χ4n) is 2.51. The van der Waals surface area contributed by atoms with E-state index in [0.717, 1.165) is 64.9 Å². The smallest absolute Gasteiger partial charge is 0.352 e. The number of hydrogen-bond donors (Lipinski definition) is 13. The molecule has 0 aromatic carbocycles. The van der Waals surface area contributed by atoms with Crippen LogP contribution in [0.15, 0.2) is 69.8 Å². The molecule has 14 N–H and O–H groups in total. The van der Waals surface area contributed by atoms with E-state index in [1.54, 1.807) is 18.8 Å². The van der Waals surface area contributed by atoms with Crippen LogP contribution in [0.5, 0.6) is 0 Å². The zero-order chi connectivity index (χ0) is 50.8. The van der Waals surface area contributed by atoms with E-state index in [2.05, 4.69) is 49.8 Å². The lowest BCUT2D eigenvalue weighted by atomic mass is 10.4. The number of thioether (sulfide) groups is 2. The van der Waals surface area contributed by atoms with Gasteiger partial charge < -0.3 is 68.2 Å². The first kappa shape index (κ1) is 71.4. The molecule has 0 aromatic rings. The lowest BCUT2D eigenvalue weighted by Gasteiger charge is -2.02. The minimum absolute atomic E-state index is 0. The molecule has 0 saturated carbocycles. The molecule has 0 saturated heterocycles. The van der Waals surface area contributed by atoms with Gasteiger partial charge in [0.05, 0.1) is 15.9 Å². The molecule has 1 aliphatic heterocycles. The number of nitrogens with one attached hydrogen (secondary N) is 7. The molecule has 1 rings (SSSR count). The maximum absolute atomic E-state index is 10.8. The average molecular weight is 973 g/mol. The van der Waals surface area contributed by atoms with Crippen LogP contribution in [0.2, 0.25) is 0 Å². The van der Waals surface area contributed by atoms with Crippen molar-refractivity contribution in [2.24, 2.45) is 0 Å². The van der Waals surface area contributed by atoms with E-state index in [4.69, 9.17) is 25.5 Å². The second-order valence-electron chi connectivity index (χ2n) is 9.57. The number of carboxylic acids is 5. The van der Waals surface area contributed by atoms with Gasteiger partial charge in [-0.1, -0.05) is 0 Å². The van der Waals surface area contributed by atoms with Gasteiger partial charge in [-0.15, -0.1) is 23.5 Å². The van der Waals surface area contributed by atoms with Crippen LogP contribution < -0.4 is 37.2 Å². The predicted molar refractivity (Wildman–Crippen MR) is 241 cm³/mol. The first-order valence-corrected chi connectivity index (χ1v) is 19.9. The van der Waals surface area contributed by atoms with Gasteiger partial charge in [-0.05, 0) is 18.8 Å². The fourth-order valence-corrected chi connectivity index (χ4v) is 3.42. The summed E-state index contributed by atoms with van der Waals surface area (Å²) in [5.41, 5.74) is -0.107. The summed E-state index contributed by atoms with van der Waals surface area (Å²) in [6, 6.07) is 0. The zero-order valence-corrected chi connectivity index (χ0v) is 39.0. The predicted octanol–water partition coefficient (Wildman–Crippen LogP) is -3.40. The number of carbonyl (C=O) groups is 12. The minimum atomic E-state index is -1.16. The molecular weight excluding hydrogens is 917 g/mol. The Bertz CT molecular complexity index is 1670. The number of aliphatic carboxylic acids is 5. The van der Waals surface area contributed by atoms with Gasteiger partial charge in [-0.3, -0.25) is 38.5 Å². The van der Waals surface area contributed by atoms with Gasteiger partial charge in [-0.25, -0.2) is 24.0 Å². The molecule has 0 aromatic heterocycles. The lowest BCUT2D eigenvalue weighted by Crippen LogP contribution is -2.27. The van der Waals surface area contributed by atoms with E-state index in [1.165, 1.54) is 68.5 Å². The number of likely N-dealkylation sites (N-methyl/N-ethyl adjacent to an activating group) is 8. The number of hydrogen-bond acceptors (Lipinski definition) is 17. The lowest BCUT2D eigenvalue weighted by molar-refractivity contribution is -0.136. The first-order valence-electron chi connectivity index (χ1n) is 16.5. The van der Waals surface area contributed by atoms with Gasteiger partial charge in [0.15, 0.2) is 0 Å². The monoisotopic (exact) mass is 972 g/mol. The van der Waals surface area contributed by atoms with Gasteiger partial charge in [0, 0.05) is 98.9 Å². The fraction of sp³-hybridized carbons (Fsp3) is 0.314. The van der Waals surface area contributed by atoms with E-state index >= 15 is 0 Å². The van der Waals surface area contributed by atoms with Crippen LogP contribution in [0, 0.1) is 0 Å². The Balaban J connectivity index is -0.000000121. The molecule has 0 unspecified atom stereocenters. The summed E-state index contributed by atoms with van der Waals surface area (Å²) < 4.78 is 0. The second kappa shape index (κ2) is 45.4. The molecule has 0 fully saturated rings. The first-order chi connectivity index (χ1) is 29.3. The number of thiol groups is 1. The Morgan fingerprint density at radius 1 is 0.500 bits per heavy atom. The minimum Gasteiger partial charge on any atom is -0.478 e. The molecule has 7 amide bonds. The van der Waals surface area contributed by atoms with Crippen LogP contribution in [0.4, 0.5) is 0 Å². The summed E-state index contributed by atoms with van der Waals surface area (Å²) in [7, 11) is 11.5. The number of carboxylic acid groups (broad SMARTS) is 5. The van der Waals surface area contributed by atoms with Gasteiger partial charge in [0.2, 0.25) is 17.7 Å². The summed E-state index contributed by atoms with van der Waals surface area (Å²) in [6.07, 6.45) is 12.9. The van der Waals surface area contributed by atoms with E-state index in [1.807, 2.05) is 0 Å². The topological polar surface area (TPSA) is 425 Å². The van der Waals surface area contributed by atoms with Crippen molar-refractivity contribution in [3.05, 3.63) is 69.8 Å². The summed E-state index contributed by atoms with van der Waals surface area (Å²) >= 11 is 5.65. The molecule has 0 bridgehead atoms. The average Bonchev–Trinajstić information content (AvgIpc) is 3.55. The molecule has 1 heterocycles. The number of rotatable bonds is 14. The highest BCUT2D eigenvalue weighted by Crippen LogP contribution is 2.11. The standard InChI is InChI=1S/2C6H10N2O3.2C6H9NO3S.C5H7NO3.C5H5NO2.CH4S.H2O/c1-7-4(3-5(9)10)6(11)8-2;1-7-4(6(10)11)3-5(9)8-2;1-7-6(10)4(11-2)3-5(8)9;1-7-5(8)3-4(11-2)6(9)10;1-6-4(7)2-3-5(8)9;1-6-4(7)2-3-5(6)8;1-2;/h3,7H,1-2H3,(H,8,11)(H,9,10);3,7H,1-2H3,(H,8,9)(H,10,11);3H,1-2H3,(H,7,10)(H,8,9);3H,1-2H3,(H,7,8)(H,9,10);2-3H,1H3,(H,6,7)(H,8,9);2-3H,1H3;2H,1H3;1H2/b4*4-3+;3-2-;;;. The highest BCUT2D eigenvalue weighted by Gasteiger charge is 2.17. The van der Waals surface area contributed by atoms with Crippen LogP contribution in [0.3, 0.4) is 0 Å². The summed E-state index contributed by atoms with van der Waals surface area (Å²) in [6.45, 7) is 0. The van der Waals surface area contributed by atoms with Crippen molar-refractivity contribution in [1.29, 1.82) is 0 Å². The van der Waals surface area contributed by atoms with E-state index in [-0.39, 0.29) is 44.4 Å². The van der Waals surface area contributed by atoms with Crippen molar-refractivity contribution in [1.82, 2.24) is 42.1 Å². The Kier molecular flexibility index (Phi) is 50.7. The molecule has 64 heavy (non-hydrogen) atoms.